The molecule has 0 spiro atoms. The van der Waals surface area contributed by atoms with Crippen molar-refractivity contribution in [3.8, 4) is 6.07 Å². The number of allylic oxidation sites excluding steroid dienone is 1. The third kappa shape index (κ3) is 3.17. The van der Waals surface area contributed by atoms with E-state index in [2.05, 4.69) is 55.4 Å². The van der Waals surface area contributed by atoms with Crippen molar-refractivity contribution in [3.05, 3.63) is 35.4 Å². The second-order valence-electron chi connectivity index (χ2n) is 5.94. The van der Waals surface area contributed by atoms with E-state index >= 15 is 0 Å². The Kier molecular flexibility index (Phi) is 4.32. The smallest absolute Gasteiger partial charge is 0.254 e. The quantitative estimate of drug-likeness (QED) is 0.688. The number of anilines is 1. The number of benzene rings is 1. The first-order chi connectivity index (χ1) is 10.3. The van der Waals surface area contributed by atoms with Crippen molar-refractivity contribution < 1.29 is 4.79 Å². The molecule has 114 valence electrons. The van der Waals surface area contributed by atoms with E-state index in [0.717, 1.165) is 11.1 Å². The number of rotatable bonds is 3. The Bertz CT molecular complexity index is 695. The molecule has 5 nitrogen and oxygen atoms in total. The lowest BCUT2D eigenvalue weighted by molar-refractivity contribution is -0.120. The first-order valence-corrected chi connectivity index (χ1v) is 7.12. The standard InChI is InChI=1S/C17H20N4O/c1-12-10-17(2,3)21(4)15-6-5-13(9-14(12)15)11-19-20-16(22)7-8-18/h5-6,9-11H,7H2,1-4H3,(H,20,22)/b19-11+. The van der Waals surface area contributed by atoms with Gasteiger partial charge in [0.15, 0.2) is 0 Å². The van der Waals surface area contributed by atoms with Crippen LogP contribution >= 0.6 is 0 Å². The van der Waals surface area contributed by atoms with Crippen LogP contribution in [-0.4, -0.2) is 24.7 Å². The molecule has 0 saturated heterocycles. The Morgan fingerprint density at radius 1 is 1.50 bits per heavy atom. The van der Waals surface area contributed by atoms with Gasteiger partial charge in [-0.2, -0.15) is 10.4 Å². The first-order valence-electron chi connectivity index (χ1n) is 7.12. The summed E-state index contributed by atoms with van der Waals surface area (Å²) in [5, 5.41) is 12.3. The number of nitriles is 1. The number of fused-ring (bicyclic) bond motifs is 1. The number of carbonyl (C=O) groups is 1. The fourth-order valence-electron chi connectivity index (χ4n) is 2.55. The number of carbonyl (C=O) groups excluding carboxylic acids is 1. The molecule has 0 bridgehead atoms. The average molecular weight is 296 g/mol. The van der Waals surface area contributed by atoms with E-state index in [1.54, 1.807) is 12.3 Å². The van der Waals surface area contributed by atoms with Crippen molar-refractivity contribution >= 4 is 23.4 Å². The van der Waals surface area contributed by atoms with Crippen molar-refractivity contribution in [1.82, 2.24) is 5.43 Å². The molecule has 1 heterocycles. The average Bonchev–Trinajstić information content (AvgIpc) is 2.45. The predicted octanol–water partition coefficient (Wildman–Crippen LogP) is 2.68. The zero-order valence-corrected chi connectivity index (χ0v) is 13.3. The molecule has 1 N–H and O–H groups in total. The highest BCUT2D eigenvalue weighted by Gasteiger charge is 2.28. The molecule has 1 aromatic carbocycles. The lowest BCUT2D eigenvalue weighted by Crippen LogP contribution is -2.42. The van der Waals surface area contributed by atoms with Crippen LogP contribution in [0.2, 0.25) is 0 Å². The maximum atomic E-state index is 11.2. The number of hydrogen-bond donors (Lipinski definition) is 1. The Labute approximate surface area is 130 Å². The van der Waals surface area contributed by atoms with Crippen LogP contribution in [0.15, 0.2) is 29.4 Å². The molecule has 0 fully saturated rings. The molecule has 0 aliphatic carbocycles. The number of hydrogen-bond acceptors (Lipinski definition) is 4. The van der Waals surface area contributed by atoms with E-state index in [4.69, 9.17) is 5.26 Å². The van der Waals surface area contributed by atoms with Crippen LogP contribution in [0.4, 0.5) is 5.69 Å². The van der Waals surface area contributed by atoms with E-state index in [0.29, 0.717) is 0 Å². The minimum Gasteiger partial charge on any atom is -0.366 e. The van der Waals surface area contributed by atoms with E-state index < -0.39 is 5.91 Å². The Morgan fingerprint density at radius 2 is 2.23 bits per heavy atom. The van der Waals surface area contributed by atoms with Crippen molar-refractivity contribution in [2.75, 3.05) is 11.9 Å². The summed E-state index contributed by atoms with van der Waals surface area (Å²) in [6, 6.07) is 7.85. The second-order valence-corrected chi connectivity index (χ2v) is 5.94. The second kappa shape index (κ2) is 6.02. The molecule has 1 amide bonds. The topological polar surface area (TPSA) is 68.5 Å². The summed E-state index contributed by atoms with van der Waals surface area (Å²) in [7, 11) is 2.08. The summed E-state index contributed by atoms with van der Waals surface area (Å²) in [6.07, 6.45) is 3.64. The maximum absolute atomic E-state index is 11.2. The molecule has 1 aliphatic rings. The van der Waals surface area contributed by atoms with Crippen LogP contribution in [0.1, 0.15) is 38.3 Å². The molecule has 1 aliphatic heterocycles. The van der Waals surface area contributed by atoms with Crippen molar-refractivity contribution in [2.24, 2.45) is 5.10 Å². The third-order valence-electron chi connectivity index (χ3n) is 3.88. The summed E-state index contributed by atoms with van der Waals surface area (Å²) >= 11 is 0. The maximum Gasteiger partial charge on any atom is 0.254 e. The summed E-state index contributed by atoms with van der Waals surface area (Å²) in [6.45, 7) is 6.46. The van der Waals surface area contributed by atoms with Crippen LogP contribution in [0.25, 0.3) is 5.57 Å². The van der Waals surface area contributed by atoms with E-state index in [-0.39, 0.29) is 12.0 Å². The van der Waals surface area contributed by atoms with Gasteiger partial charge in [-0.15, -0.1) is 0 Å². The van der Waals surface area contributed by atoms with Gasteiger partial charge in [-0.25, -0.2) is 5.43 Å². The Morgan fingerprint density at radius 3 is 2.91 bits per heavy atom. The highest BCUT2D eigenvalue weighted by atomic mass is 16.2. The lowest BCUT2D eigenvalue weighted by atomic mass is 9.89. The summed E-state index contributed by atoms with van der Waals surface area (Å²) in [4.78, 5) is 13.4. The molecular formula is C17H20N4O. The predicted molar refractivity (Wildman–Crippen MR) is 88.5 cm³/mol. The highest BCUT2D eigenvalue weighted by Crippen LogP contribution is 2.37. The van der Waals surface area contributed by atoms with Gasteiger partial charge >= 0.3 is 0 Å². The van der Waals surface area contributed by atoms with Crippen LogP contribution in [0.5, 0.6) is 0 Å². The molecule has 2 rings (SSSR count). The highest BCUT2D eigenvalue weighted by molar-refractivity contribution is 5.88. The van der Waals surface area contributed by atoms with Crippen LogP contribution in [0.3, 0.4) is 0 Å². The Balaban J connectivity index is 2.23. The van der Waals surface area contributed by atoms with E-state index in [1.807, 2.05) is 12.1 Å². The number of nitrogens with one attached hydrogen (secondary N) is 1. The summed E-state index contributed by atoms with van der Waals surface area (Å²) < 4.78 is 0. The monoisotopic (exact) mass is 296 g/mol. The van der Waals surface area contributed by atoms with Gasteiger partial charge in [-0.05, 0) is 44.0 Å². The fourth-order valence-corrected chi connectivity index (χ4v) is 2.55. The molecule has 0 aromatic heterocycles. The normalized spacial score (nSPS) is 16.0. The number of hydrazone groups is 1. The molecular weight excluding hydrogens is 276 g/mol. The fraction of sp³-hybridized carbons (Fsp3) is 0.353. The number of likely N-dealkylation sites (N-methyl/N-ethyl adjacent to an activating group) is 1. The molecule has 0 saturated carbocycles. The largest absolute Gasteiger partial charge is 0.366 e. The number of amides is 1. The van der Waals surface area contributed by atoms with Gasteiger partial charge in [0.05, 0.1) is 17.8 Å². The third-order valence-corrected chi connectivity index (χ3v) is 3.88. The number of nitrogens with zero attached hydrogens (tertiary/aromatic N) is 3. The minimum atomic E-state index is -0.408. The summed E-state index contributed by atoms with van der Waals surface area (Å²) in [5.41, 5.74) is 6.77. The summed E-state index contributed by atoms with van der Waals surface area (Å²) in [5.74, 6) is -0.408. The van der Waals surface area contributed by atoms with Gasteiger partial charge in [0.2, 0.25) is 0 Å². The van der Waals surface area contributed by atoms with Crippen molar-refractivity contribution in [2.45, 2.75) is 32.7 Å². The van der Waals surface area contributed by atoms with Gasteiger partial charge in [0, 0.05) is 18.3 Å². The molecule has 0 unspecified atom stereocenters. The first kappa shape index (κ1) is 15.8. The van der Waals surface area contributed by atoms with Gasteiger partial charge in [0.25, 0.3) is 5.91 Å². The Hall–Kier alpha value is -2.61. The lowest BCUT2D eigenvalue weighted by Gasteiger charge is -2.40. The van der Waals surface area contributed by atoms with Crippen LogP contribution < -0.4 is 10.3 Å². The van der Waals surface area contributed by atoms with Crippen LogP contribution in [0, 0.1) is 11.3 Å². The van der Waals surface area contributed by atoms with Crippen LogP contribution in [-0.2, 0) is 4.79 Å². The zero-order chi connectivity index (χ0) is 16.3. The SMILES string of the molecule is CC1=CC(C)(C)N(C)c2ccc(/C=N/NC(=O)CC#N)cc21. The van der Waals surface area contributed by atoms with Gasteiger partial charge in [0.1, 0.15) is 6.42 Å². The van der Waals surface area contributed by atoms with Crippen molar-refractivity contribution in [1.29, 1.82) is 5.26 Å². The van der Waals surface area contributed by atoms with Gasteiger partial charge < -0.3 is 4.90 Å². The molecule has 5 heteroatoms. The van der Waals surface area contributed by atoms with Gasteiger partial charge in [-0.3, -0.25) is 4.79 Å². The molecule has 1 aromatic rings. The molecule has 0 atom stereocenters. The zero-order valence-electron chi connectivity index (χ0n) is 13.3. The molecule has 22 heavy (non-hydrogen) atoms. The van der Waals surface area contributed by atoms with E-state index in [9.17, 15) is 4.79 Å². The minimum absolute atomic E-state index is 0.0159. The van der Waals surface area contributed by atoms with Crippen molar-refractivity contribution in [3.63, 3.8) is 0 Å². The van der Waals surface area contributed by atoms with E-state index in [1.165, 1.54) is 11.3 Å². The molecule has 0 radical (unpaired) electrons. The van der Waals surface area contributed by atoms with Gasteiger partial charge in [-0.1, -0.05) is 12.1 Å².